The Kier molecular flexibility index (Phi) is 3.38. The van der Waals surface area contributed by atoms with E-state index in [4.69, 9.17) is 11.6 Å². The van der Waals surface area contributed by atoms with Crippen LogP contribution in [0.3, 0.4) is 0 Å². The van der Waals surface area contributed by atoms with Gasteiger partial charge < -0.3 is 5.11 Å². The van der Waals surface area contributed by atoms with E-state index in [1.807, 2.05) is 0 Å². The molecule has 1 N–H and O–H groups in total. The summed E-state index contributed by atoms with van der Waals surface area (Å²) in [6.45, 7) is 0. The molecule has 0 unspecified atom stereocenters. The van der Waals surface area contributed by atoms with Crippen LogP contribution < -0.4 is 0 Å². The van der Waals surface area contributed by atoms with Crippen molar-refractivity contribution in [3.63, 3.8) is 0 Å². The molecule has 21 heavy (non-hydrogen) atoms. The van der Waals surface area contributed by atoms with Gasteiger partial charge in [0.05, 0.1) is 5.02 Å². The van der Waals surface area contributed by atoms with E-state index in [2.05, 4.69) is 26.0 Å². The topological polar surface area (TPSA) is 68.0 Å². The zero-order valence-electron chi connectivity index (χ0n) is 10.2. The first-order valence-electron chi connectivity index (χ1n) is 5.71. The van der Waals surface area contributed by atoms with E-state index in [9.17, 15) is 14.3 Å². The Balaban J connectivity index is 2.39. The van der Waals surface area contributed by atoms with Crippen LogP contribution in [-0.4, -0.2) is 25.8 Å². The Hall–Kier alpha value is -1.99. The van der Waals surface area contributed by atoms with E-state index in [-0.39, 0.29) is 27.4 Å². The molecule has 2 heterocycles. The van der Waals surface area contributed by atoms with Crippen LogP contribution in [0.25, 0.3) is 16.7 Å². The highest BCUT2D eigenvalue weighted by molar-refractivity contribution is 9.10. The SMILES string of the molecule is O=C(O)c1c2nccc(Cl)c2nn1-c1ccc(Br)cc1F. The van der Waals surface area contributed by atoms with Crippen molar-refractivity contribution < 1.29 is 14.3 Å². The second-order valence-electron chi connectivity index (χ2n) is 4.15. The molecule has 0 fully saturated rings. The molecule has 2 aromatic heterocycles. The van der Waals surface area contributed by atoms with Gasteiger partial charge in [-0.25, -0.2) is 13.9 Å². The van der Waals surface area contributed by atoms with Crippen molar-refractivity contribution in [3.05, 3.63) is 51.5 Å². The Morgan fingerprint density at radius 2 is 2.10 bits per heavy atom. The summed E-state index contributed by atoms with van der Waals surface area (Å²) >= 11 is 9.13. The van der Waals surface area contributed by atoms with Crippen molar-refractivity contribution in [2.24, 2.45) is 0 Å². The van der Waals surface area contributed by atoms with Crippen LogP contribution >= 0.6 is 27.5 Å². The molecule has 0 amide bonds. The number of aromatic carboxylic acids is 1. The highest BCUT2D eigenvalue weighted by Crippen LogP contribution is 2.27. The summed E-state index contributed by atoms with van der Waals surface area (Å²) in [4.78, 5) is 15.5. The molecule has 3 aromatic rings. The molecule has 0 aliphatic carbocycles. The van der Waals surface area contributed by atoms with Crippen molar-refractivity contribution in [3.8, 4) is 5.69 Å². The number of hydrogen-bond donors (Lipinski definition) is 1. The van der Waals surface area contributed by atoms with Gasteiger partial charge in [-0.05, 0) is 24.3 Å². The maximum atomic E-state index is 14.1. The Bertz CT molecular complexity index is 881. The molecule has 106 valence electrons. The largest absolute Gasteiger partial charge is 0.476 e. The van der Waals surface area contributed by atoms with Crippen LogP contribution in [0, 0.1) is 5.82 Å². The lowest BCUT2D eigenvalue weighted by atomic mass is 10.2. The lowest BCUT2D eigenvalue weighted by Crippen LogP contribution is -2.10. The number of pyridine rings is 1. The number of aromatic nitrogens is 3. The molecular weight excluding hydrogens is 365 g/mol. The molecule has 0 aliphatic heterocycles. The predicted octanol–water partition coefficient (Wildman–Crippen LogP) is 3.67. The number of rotatable bonds is 2. The number of carboxylic acid groups (broad SMARTS) is 1. The van der Waals surface area contributed by atoms with E-state index in [0.717, 1.165) is 4.68 Å². The van der Waals surface area contributed by atoms with Gasteiger partial charge in [-0.15, -0.1) is 0 Å². The van der Waals surface area contributed by atoms with Gasteiger partial charge in [0.15, 0.2) is 5.69 Å². The molecule has 0 aliphatic rings. The fraction of sp³-hybridized carbons (Fsp3) is 0. The van der Waals surface area contributed by atoms with E-state index in [1.165, 1.54) is 24.4 Å². The molecule has 8 heteroatoms. The predicted molar refractivity (Wildman–Crippen MR) is 78.5 cm³/mol. The minimum Gasteiger partial charge on any atom is -0.476 e. The number of hydrogen-bond acceptors (Lipinski definition) is 3. The maximum Gasteiger partial charge on any atom is 0.356 e. The second kappa shape index (κ2) is 5.09. The van der Waals surface area contributed by atoms with Gasteiger partial charge in [0.2, 0.25) is 0 Å². The fourth-order valence-corrected chi connectivity index (χ4v) is 2.49. The van der Waals surface area contributed by atoms with Gasteiger partial charge in [-0.2, -0.15) is 5.10 Å². The minimum absolute atomic E-state index is 0.00432. The molecule has 0 radical (unpaired) electrons. The summed E-state index contributed by atoms with van der Waals surface area (Å²) in [7, 11) is 0. The highest BCUT2D eigenvalue weighted by atomic mass is 79.9. The maximum absolute atomic E-state index is 14.1. The van der Waals surface area contributed by atoms with Gasteiger partial charge in [0, 0.05) is 10.7 Å². The van der Waals surface area contributed by atoms with Crippen LogP contribution in [-0.2, 0) is 0 Å². The Morgan fingerprint density at radius 3 is 2.76 bits per heavy atom. The van der Waals surface area contributed by atoms with Crippen LogP contribution in [0.4, 0.5) is 4.39 Å². The smallest absolute Gasteiger partial charge is 0.356 e. The molecule has 0 atom stereocenters. The van der Waals surface area contributed by atoms with Crippen LogP contribution in [0.2, 0.25) is 5.02 Å². The fourth-order valence-electron chi connectivity index (χ4n) is 1.97. The zero-order valence-corrected chi connectivity index (χ0v) is 12.6. The van der Waals surface area contributed by atoms with E-state index in [0.29, 0.717) is 4.47 Å². The van der Waals surface area contributed by atoms with E-state index >= 15 is 0 Å². The summed E-state index contributed by atoms with van der Waals surface area (Å²) in [6, 6.07) is 5.73. The monoisotopic (exact) mass is 369 g/mol. The third kappa shape index (κ3) is 2.28. The Labute approximate surface area is 131 Å². The van der Waals surface area contributed by atoms with Gasteiger partial charge >= 0.3 is 5.97 Å². The lowest BCUT2D eigenvalue weighted by molar-refractivity contribution is 0.0689. The average Bonchev–Trinajstić information content (AvgIpc) is 2.79. The minimum atomic E-state index is -1.27. The highest BCUT2D eigenvalue weighted by Gasteiger charge is 2.23. The molecule has 0 saturated heterocycles. The first-order valence-corrected chi connectivity index (χ1v) is 6.88. The number of benzene rings is 1. The molecule has 1 aromatic carbocycles. The van der Waals surface area contributed by atoms with E-state index in [1.54, 1.807) is 6.07 Å². The number of carboxylic acids is 1. The summed E-state index contributed by atoms with van der Waals surface area (Å²) < 4.78 is 15.6. The Morgan fingerprint density at radius 1 is 1.33 bits per heavy atom. The van der Waals surface area contributed by atoms with Crippen molar-refractivity contribution in [2.75, 3.05) is 0 Å². The van der Waals surface area contributed by atoms with Crippen molar-refractivity contribution in [2.45, 2.75) is 0 Å². The standard InChI is InChI=1S/C13H6BrClFN3O2/c14-6-1-2-9(8(16)5-6)19-12(13(20)21)11-10(18-19)7(15)3-4-17-11/h1-5H,(H,20,21). The number of nitrogens with zero attached hydrogens (tertiary/aromatic N) is 3. The van der Waals surface area contributed by atoms with Crippen molar-refractivity contribution in [1.82, 2.24) is 14.8 Å². The van der Waals surface area contributed by atoms with E-state index < -0.39 is 11.8 Å². The molecule has 0 saturated carbocycles. The number of halogens is 3. The first kappa shape index (κ1) is 14.0. The van der Waals surface area contributed by atoms with Crippen molar-refractivity contribution in [1.29, 1.82) is 0 Å². The summed E-state index contributed by atoms with van der Waals surface area (Å²) in [5.41, 5.74) is 0.0783. The third-order valence-corrected chi connectivity index (χ3v) is 3.65. The summed E-state index contributed by atoms with van der Waals surface area (Å²) in [6.07, 6.45) is 1.38. The zero-order chi connectivity index (χ0) is 15.1. The molecule has 0 spiro atoms. The van der Waals surface area contributed by atoms with Gasteiger partial charge in [-0.1, -0.05) is 27.5 Å². The van der Waals surface area contributed by atoms with Gasteiger partial charge in [0.1, 0.15) is 22.5 Å². The third-order valence-electron chi connectivity index (χ3n) is 2.85. The second-order valence-corrected chi connectivity index (χ2v) is 5.47. The molecule has 0 bridgehead atoms. The first-order chi connectivity index (χ1) is 9.99. The molecule has 5 nitrogen and oxygen atoms in total. The van der Waals surface area contributed by atoms with Crippen LogP contribution in [0.15, 0.2) is 34.9 Å². The summed E-state index contributed by atoms with van der Waals surface area (Å²) in [5.74, 6) is -1.88. The molecule has 3 rings (SSSR count). The van der Waals surface area contributed by atoms with Gasteiger partial charge in [-0.3, -0.25) is 4.98 Å². The number of fused-ring (bicyclic) bond motifs is 1. The van der Waals surface area contributed by atoms with Crippen molar-refractivity contribution >= 4 is 44.5 Å². The van der Waals surface area contributed by atoms with Crippen LogP contribution in [0.5, 0.6) is 0 Å². The average molecular weight is 371 g/mol. The molecular formula is C13H6BrClFN3O2. The van der Waals surface area contributed by atoms with Crippen LogP contribution in [0.1, 0.15) is 10.5 Å². The normalized spacial score (nSPS) is 11.0. The number of carbonyl (C=O) groups is 1. The lowest BCUT2D eigenvalue weighted by Gasteiger charge is -2.05. The van der Waals surface area contributed by atoms with Gasteiger partial charge in [0.25, 0.3) is 0 Å². The summed E-state index contributed by atoms with van der Waals surface area (Å²) in [5, 5.41) is 13.7. The quantitative estimate of drug-likeness (QED) is 0.747.